The quantitative estimate of drug-likeness (QED) is 0.781. The van der Waals surface area contributed by atoms with Gasteiger partial charge in [-0.05, 0) is 23.8 Å². The van der Waals surface area contributed by atoms with Gasteiger partial charge in [-0.2, -0.15) is 5.10 Å². The zero-order chi connectivity index (χ0) is 15.7. The molecule has 0 aliphatic carbocycles. The van der Waals surface area contributed by atoms with E-state index in [4.69, 9.17) is 5.73 Å². The van der Waals surface area contributed by atoms with E-state index in [9.17, 15) is 0 Å². The first-order valence-corrected chi connectivity index (χ1v) is 7.32. The third kappa shape index (κ3) is 2.72. The van der Waals surface area contributed by atoms with Crippen LogP contribution in [-0.2, 0) is 5.41 Å². The summed E-state index contributed by atoms with van der Waals surface area (Å²) in [5.74, 6) is 0.647. The number of aromatic nitrogens is 3. The SMILES string of the molecule is CC(C)(C)c1cc(N)n(-c2cccc(-c3cccnc3)c2)n1. The second-order valence-corrected chi connectivity index (χ2v) is 6.41. The van der Waals surface area contributed by atoms with E-state index in [0.717, 1.165) is 22.5 Å². The Morgan fingerprint density at radius 2 is 1.77 bits per heavy atom. The largest absolute Gasteiger partial charge is 0.384 e. The van der Waals surface area contributed by atoms with E-state index >= 15 is 0 Å². The van der Waals surface area contributed by atoms with Gasteiger partial charge in [-0.25, -0.2) is 4.68 Å². The molecule has 3 aromatic rings. The third-order valence-corrected chi connectivity index (χ3v) is 3.59. The first-order chi connectivity index (χ1) is 10.4. The van der Waals surface area contributed by atoms with Crippen LogP contribution in [0.15, 0.2) is 54.9 Å². The maximum atomic E-state index is 6.15. The summed E-state index contributed by atoms with van der Waals surface area (Å²) < 4.78 is 1.79. The highest BCUT2D eigenvalue weighted by Crippen LogP contribution is 2.26. The van der Waals surface area contributed by atoms with Gasteiger partial charge in [0.2, 0.25) is 0 Å². The molecular formula is C18H20N4. The normalized spacial score (nSPS) is 11.6. The van der Waals surface area contributed by atoms with Crippen molar-refractivity contribution in [3.8, 4) is 16.8 Å². The Morgan fingerprint density at radius 1 is 1.00 bits per heavy atom. The fourth-order valence-corrected chi connectivity index (χ4v) is 2.32. The lowest BCUT2D eigenvalue weighted by atomic mass is 9.92. The Bertz CT molecular complexity index is 782. The highest BCUT2D eigenvalue weighted by molar-refractivity contribution is 5.65. The lowest BCUT2D eigenvalue weighted by molar-refractivity contribution is 0.560. The molecule has 4 heteroatoms. The van der Waals surface area contributed by atoms with Crippen molar-refractivity contribution in [2.75, 3.05) is 5.73 Å². The van der Waals surface area contributed by atoms with Gasteiger partial charge in [0, 0.05) is 29.4 Å². The summed E-state index contributed by atoms with van der Waals surface area (Å²) in [7, 11) is 0. The molecule has 22 heavy (non-hydrogen) atoms. The van der Waals surface area contributed by atoms with Gasteiger partial charge in [-0.1, -0.05) is 39.0 Å². The maximum absolute atomic E-state index is 6.15. The van der Waals surface area contributed by atoms with Gasteiger partial charge in [0.05, 0.1) is 11.4 Å². The van der Waals surface area contributed by atoms with Gasteiger partial charge in [-0.3, -0.25) is 4.98 Å². The molecule has 0 radical (unpaired) electrons. The van der Waals surface area contributed by atoms with E-state index in [1.165, 1.54) is 0 Å². The Balaban J connectivity index is 2.05. The van der Waals surface area contributed by atoms with Gasteiger partial charge >= 0.3 is 0 Å². The molecular weight excluding hydrogens is 272 g/mol. The fraction of sp³-hybridized carbons (Fsp3) is 0.222. The number of nitrogens with two attached hydrogens (primary N) is 1. The molecule has 0 spiro atoms. The van der Waals surface area contributed by atoms with Crippen molar-refractivity contribution >= 4 is 5.82 Å². The molecule has 0 unspecified atom stereocenters. The minimum atomic E-state index is -0.0275. The summed E-state index contributed by atoms with van der Waals surface area (Å²) >= 11 is 0. The van der Waals surface area contributed by atoms with Crippen molar-refractivity contribution in [3.05, 3.63) is 60.6 Å². The van der Waals surface area contributed by atoms with Gasteiger partial charge in [-0.15, -0.1) is 0 Å². The van der Waals surface area contributed by atoms with Crippen LogP contribution in [0.4, 0.5) is 5.82 Å². The predicted molar refractivity (Wildman–Crippen MR) is 89.9 cm³/mol. The van der Waals surface area contributed by atoms with Gasteiger partial charge in [0.1, 0.15) is 5.82 Å². The van der Waals surface area contributed by atoms with Crippen LogP contribution in [0.1, 0.15) is 26.5 Å². The fourth-order valence-electron chi connectivity index (χ4n) is 2.32. The van der Waals surface area contributed by atoms with Crippen molar-refractivity contribution in [1.29, 1.82) is 0 Å². The zero-order valence-corrected chi connectivity index (χ0v) is 13.1. The maximum Gasteiger partial charge on any atom is 0.127 e. The van der Waals surface area contributed by atoms with Gasteiger partial charge in [0.25, 0.3) is 0 Å². The number of rotatable bonds is 2. The smallest absolute Gasteiger partial charge is 0.127 e. The Hall–Kier alpha value is -2.62. The zero-order valence-electron chi connectivity index (χ0n) is 13.1. The molecule has 2 aromatic heterocycles. The van der Waals surface area contributed by atoms with Crippen LogP contribution in [0, 0.1) is 0 Å². The number of benzene rings is 1. The molecule has 0 bridgehead atoms. The average molecular weight is 292 g/mol. The van der Waals surface area contributed by atoms with E-state index in [2.05, 4.69) is 43.0 Å². The van der Waals surface area contributed by atoms with Crippen LogP contribution in [0.25, 0.3) is 16.8 Å². The van der Waals surface area contributed by atoms with Crippen molar-refractivity contribution in [1.82, 2.24) is 14.8 Å². The molecule has 112 valence electrons. The molecule has 0 saturated heterocycles. The summed E-state index contributed by atoms with van der Waals surface area (Å²) in [6.45, 7) is 6.39. The highest BCUT2D eigenvalue weighted by atomic mass is 15.3. The summed E-state index contributed by atoms with van der Waals surface area (Å²) in [5.41, 5.74) is 10.2. The average Bonchev–Trinajstić information content (AvgIpc) is 2.90. The summed E-state index contributed by atoms with van der Waals surface area (Å²) in [6, 6.07) is 14.1. The van der Waals surface area contributed by atoms with E-state index in [-0.39, 0.29) is 5.41 Å². The first kappa shape index (κ1) is 14.3. The minimum absolute atomic E-state index is 0.0275. The molecule has 3 rings (SSSR count). The second-order valence-electron chi connectivity index (χ2n) is 6.41. The lowest BCUT2D eigenvalue weighted by Gasteiger charge is -2.14. The predicted octanol–water partition coefficient (Wildman–Crippen LogP) is 3.81. The van der Waals surface area contributed by atoms with Crippen molar-refractivity contribution in [3.63, 3.8) is 0 Å². The number of hydrogen-bond acceptors (Lipinski definition) is 3. The first-order valence-electron chi connectivity index (χ1n) is 7.32. The van der Waals surface area contributed by atoms with Crippen LogP contribution in [0.3, 0.4) is 0 Å². The summed E-state index contributed by atoms with van der Waals surface area (Å²) in [4.78, 5) is 4.17. The molecule has 0 atom stereocenters. The number of pyridine rings is 1. The van der Waals surface area contributed by atoms with Crippen molar-refractivity contribution in [2.24, 2.45) is 0 Å². The number of hydrogen-bond donors (Lipinski definition) is 1. The molecule has 0 amide bonds. The molecule has 2 heterocycles. The standard InChI is InChI=1S/C18H20N4/c1-18(2,3)16-11-17(19)22(21-16)15-8-4-6-13(10-15)14-7-5-9-20-12-14/h4-12H,19H2,1-3H3. The molecule has 2 N–H and O–H groups in total. The molecule has 0 fully saturated rings. The topological polar surface area (TPSA) is 56.7 Å². The Morgan fingerprint density at radius 3 is 2.41 bits per heavy atom. The molecule has 1 aromatic carbocycles. The highest BCUT2D eigenvalue weighted by Gasteiger charge is 2.19. The van der Waals surface area contributed by atoms with Crippen LogP contribution in [0.5, 0.6) is 0 Å². The monoisotopic (exact) mass is 292 g/mol. The van der Waals surface area contributed by atoms with E-state index in [0.29, 0.717) is 5.82 Å². The van der Waals surface area contributed by atoms with Crippen LogP contribution >= 0.6 is 0 Å². The van der Waals surface area contributed by atoms with Crippen LogP contribution in [-0.4, -0.2) is 14.8 Å². The number of nitrogens with zero attached hydrogens (tertiary/aromatic N) is 3. The third-order valence-electron chi connectivity index (χ3n) is 3.59. The number of nitrogen functional groups attached to an aromatic ring is 1. The van der Waals surface area contributed by atoms with Crippen LogP contribution in [0.2, 0.25) is 0 Å². The Labute approximate surface area is 130 Å². The lowest BCUT2D eigenvalue weighted by Crippen LogP contribution is -2.12. The number of anilines is 1. The van der Waals surface area contributed by atoms with E-state index in [1.54, 1.807) is 10.9 Å². The molecule has 0 aliphatic rings. The summed E-state index contributed by atoms with van der Waals surface area (Å²) in [6.07, 6.45) is 3.63. The minimum Gasteiger partial charge on any atom is -0.384 e. The van der Waals surface area contributed by atoms with Crippen molar-refractivity contribution in [2.45, 2.75) is 26.2 Å². The second kappa shape index (κ2) is 5.30. The van der Waals surface area contributed by atoms with Crippen LogP contribution < -0.4 is 5.73 Å². The molecule has 0 saturated carbocycles. The molecule has 4 nitrogen and oxygen atoms in total. The van der Waals surface area contributed by atoms with Gasteiger partial charge in [0.15, 0.2) is 0 Å². The van der Waals surface area contributed by atoms with Crippen molar-refractivity contribution < 1.29 is 0 Å². The van der Waals surface area contributed by atoms with E-state index < -0.39 is 0 Å². The van der Waals surface area contributed by atoms with E-state index in [1.807, 2.05) is 36.5 Å². The summed E-state index contributed by atoms with van der Waals surface area (Å²) in [5, 5.41) is 4.66. The van der Waals surface area contributed by atoms with Gasteiger partial charge < -0.3 is 5.73 Å². The molecule has 0 aliphatic heterocycles. The Kier molecular flexibility index (Phi) is 3.45.